The predicted octanol–water partition coefficient (Wildman–Crippen LogP) is 3.02. The van der Waals surface area contributed by atoms with E-state index in [0.29, 0.717) is 12.0 Å². The number of aromatic carboxylic acids is 1. The summed E-state index contributed by atoms with van der Waals surface area (Å²) in [5.74, 6) is -0.509. The molecule has 0 atom stereocenters. The van der Waals surface area contributed by atoms with Crippen molar-refractivity contribution in [1.29, 1.82) is 0 Å². The zero-order chi connectivity index (χ0) is 13.8. The largest absolute Gasteiger partial charge is 0.477 e. The van der Waals surface area contributed by atoms with Crippen LogP contribution in [0.2, 0.25) is 0 Å². The number of rotatable bonds is 4. The Bertz CT molecular complexity index is 592. The van der Waals surface area contributed by atoms with Gasteiger partial charge in [0.25, 0.3) is 5.69 Å². The number of nitrogens with zero attached hydrogens (tertiary/aromatic N) is 1. The predicted molar refractivity (Wildman–Crippen MR) is 73.4 cm³/mol. The standard InChI is InChI=1S/C13H11NO4S/c15-13(16)11-5-1-4-10(12(11)14(17)18)7-9-3-2-6-19-8-9/h1-6H,7-8H2,(H,15,16). The molecular formula is C13H11NO4S. The van der Waals surface area contributed by atoms with Crippen LogP contribution in [-0.4, -0.2) is 21.8 Å². The van der Waals surface area contributed by atoms with Gasteiger partial charge in [0.1, 0.15) is 5.56 Å². The van der Waals surface area contributed by atoms with Gasteiger partial charge in [0.2, 0.25) is 0 Å². The molecule has 0 fully saturated rings. The van der Waals surface area contributed by atoms with Crippen molar-refractivity contribution in [2.24, 2.45) is 0 Å². The maximum Gasteiger partial charge on any atom is 0.342 e. The molecule has 0 amide bonds. The van der Waals surface area contributed by atoms with E-state index >= 15 is 0 Å². The van der Waals surface area contributed by atoms with E-state index in [2.05, 4.69) is 0 Å². The van der Waals surface area contributed by atoms with Crippen LogP contribution in [0, 0.1) is 10.1 Å². The topological polar surface area (TPSA) is 80.4 Å². The SMILES string of the molecule is O=C(O)c1cccc(CC2=CC=CSC2)c1[N+](=O)[O-]. The van der Waals surface area contributed by atoms with E-state index < -0.39 is 10.9 Å². The molecule has 1 aromatic rings. The van der Waals surface area contributed by atoms with Crippen LogP contribution in [0.1, 0.15) is 15.9 Å². The number of benzene rings is 1. The maximum atomic E-state index is 11.1. The molecule has 0 aliphatic carbocycles. The summed E-state index contributed by atoms with van der Waals surface area (Å²) in [6.45, 7) is 0. The molecule has 0 saturated carbocycles. The molecule has 0 aromatic heterocycles. The molecule has 1 aromatic carbocycles. The maximum absolute atomic E-state index is 11.1. The van der Waals surface area contributed by atoms with Crippen LogP contribution >= 0.6 is 11.8 Å². The first-order chi connectivity index (χ1) is 9.09. The Kier molecular flexibility index (Phi) is 4.01. The van der Waals surface area contributed by atoms with Crippen molar-refractivity contribution in [3.63, 3.8) is 0 Å². The fourth-order valence-corrected chi connectivity index (χ4v) is 2.61. The van der Waals surface area contributed by atoms with Crippen LogP contribution < -0.4 is 0 Å². The average molecular weight is 277 g/mol. The number of nitro benzene ring substituents is 1. The molecule has 1 aliphatic heterocycles. The zero-order valence-electron chi connectivity index (χ0n) is 9.91. The van der Waals surface area contributed by atoms with E-state index in [0.717, 1.165) is 11.3 Å². The minimum absolute atomic E-state index is 0.262. The molecule has 0 bridgehead atoms. The molecular weight excluding hydrogens is 266 g/mol. The zero-order valence-corrected chi connectivity index (χ0v) is 10.7. The molecule has 1 heterocycles. The summed E-state index contributed by atoms with van der Waals surface area (Å²) >= 11 is 1.61. The monoisotopic (exact) mass is 277 g/mol. The minimum atomic E-state index is -1.28. The second kappa shape index (κ2) is 5.71. The molecule has 6 heteroatoms. The highest BCUT2D eigenvalue weighted by atomic mass is 32.2. The van der Waals surface area contributed by atoms with Crippen LogP contribution in [0.25, 0.3) is 0 Å². The summed E-state index contributed by atoms with van der Waals surface area (Å²) in [5.41, 5.74) is 0.905. The number of carbonyl (C=O) groups is 1. The summed E-state index contributed by atoms with van der Waals surface area (Å²) < 4.78 is 0. The number of hydrogen-bond donors (Lipinski definition) is 1. The van der Waals surface area contributed by atoms with E-state index in [4.69, 9.17) is 5.11 Å². The molecule has 0 unspecified atom stereocenters. The number of nitro groups is 1. The summed E-state index contributed by atoms with van der Waals surface area (Å²) in [6.07, 6.45) is 4.19. The van der Waals surface area contributed by atoms with Crippen molar-refractivity contribution in [2.75, 3.05) is 5.75 Å². The number of allylic oxidation sites excluding steroid dienone is 2. The van der Waals surface area contributed by atoms with Crippen molar-refractivity contribution < 1.29 is 14.8 Å². The second-order valence-corrected chi connectivity index (χ2v) is 4.91. The molecule has 1 aliphatic rings. The minimum Gasteiger partial charge on any atom is -0.477 e. The summed E-state index contributed by atoms with van der Waals surface area (Å²) in [5, 5.41) is 22.1. The van der Waals surface area contributed by atoms with Crippen LogP contribution in [-0.2, 0) is 6.42 Å². The third-order valence-corrected chi connectivity index (χ3v) is 3.61. The van der Waals surface area contributed by atoms with Crippen LogP contribution in [0.4, 0.5) is 5.69 Å². The lowest BCUT2D eigenvalue weighted by atomic mass is 10.0. The van der Waals surface area contributed by atoms with Gasteiger partial charge in [0.05, 0.1) is 4.92 Å². The van der Waals surface area contributed by atoms with Gasteiger partial charge in [-0.1, -0.05) is 29.9 Å². The third-order valence-electron chi connectivity index (χ3n) is 2.73. The summed E-state index contributed by atoms with van der Waals surface area (Å²) in [6, 6.07) is 4.40. The molecule has 98 valence electrons. The average Bonchev–Trinajstić information content (AvgIpc) is 2.39. The van der Waals surface area contributed by atoms with Crippen molar-refractivity contribution >= 4 is 23.4 Å². The Morgan fingerprint density at radius 3 is 2.84 bits per heavy atom. The van der Waals surface area contributed by atoms with E-state index in [1.165, 1.54) is 12.1 Å². The molecule has 0 saturated heterocycles. The van der Waals surface area contributed by atoms with Gasteiger partial charge in [-0.15, -0.1) is 11.8 Å². The summed E-state index contributed by atoms with van der Waals surface area (Å²) in [4.78, 5) is 21.5. The Hall–Kier alpha value is -2.08. The number of carboxylic acids is 1. The molecule has 2 rings (SSSR count). The van der Waals surface area contributed by atoms with Gasteiger partial charge in [-0.25, -0.2) is 4.79 Å². The van der Waals surface area contributed by atoms with E-state index in [9.17, 15) is 14.9 Å². The Morgan fingerprint density at radius 1 is 1.47 bits per heavy atom. The smallest absolute Gasteiger partial charge is 0.342 e. The summed E-state index contributed by atoms with van der Waals surface area (Å²) in [7, 11) is 0. The second-order valence-electron chi connectivity index (χ2n) is 4.02. The molecule has 0 spiro atoms. The first-order valence-electron chi connectivity index (χ1n) is 5.55. The Labute approximate surface area is 113 Å². The van der Waals surface area contributed by atoms with Crippen molar-refractivity contribution in [1.82, 2.24) is 0 Å². The number of carboxylic acid groups (broad SMARTS) is 1. The molecule has 19 heavy (non-hydrogen) atoms. The first kappa shape index (κ1) is 13.4. The van der Waals surface area contributed by atoms with E-state index in [-0.39, 0.29) is 11.3 Å². The first-order valence-corrected chi connectivity index (χ1v) is 6.60. The number of hydrogen-bond acceptors (Lipinski definition) is 4. The highest BCUT2D eigenvalue weighted by Crippen LogP contribution is 2.28. The fraction of sp³-hybridized carbons (Fsp3) is 0.154. The van der Waals surface area contributed by atoms with E-state index in [1.807, 2.05) is 17.6 Å². The van der Waals surface area contributed by atoms with Crippen molar-refractivity contribution in [2.45, 2.75) is 6.42 Å². The van der Waals surface area contributed by atoms with Gasteiger partial charge >= 0.3 is 5.97 Å². The van der Waals surface area contributed by atoms with Gasteiger partial charge in [-0.3, -0.25) is 10.1 Å². The molecule has 1 N–H and O–H groups in total. The van der Waals surface area contributed by atoms with Crippen molar-refractivity contribution in [3.8, 4) is 0 Å². The highest BCUT2D eigenvalue weighted by Gasteiger charge is 2.24. The van der Waals surface area contributed by atoms with Gasteiger partial charge in [-0.05, 0) is 11.5 Å². The lowest BCUT2D eigenvalue weighted by Gasteiger charge is -2.10. The van der Waals surface area contributed by atoms with Gasteiger partial charge in [0.15, 0.2) is 0 Å². The molecule has 0 radical (unpaired) electrons. The van der Waals surface area contributed by atoms with Crippen LogP contribution in [0.15, 0.2) is 41.3 Å². The number of para-hydroxylation sites is 1. The van der Waals surface area contributed by atoms with Gasteiger partial charge in [-0.2, -0.15) is 0 Å². The van der Waals surface area contributed by atoms with Crippen LogP contribution in [0.5, 0.6) is 0 Å². The van der Waals surface area contributed by atoms with Crippen molar-refractivity contribution in [3.05, 3.63) is 62.6 Å². The quantitative estimate of drug-likeness (QED) is 0.675. The van der Waals surface area contributed by atoms with Gasteiger partial charge < -0.3 is 5.11 Å². The third kappa shape index (κ3) is 3.03. The lowest BCUT2D eigenvalue weighted by molar-refractivity contribution is -0.385. The fourth-order valence-electron chi connectivity index (χ4n) is 1.91. The molecule has 5 nitrogen and oxygen atoms in total. The Balaban J connectivity index is 2.42. The number of thioether (sulfide) groups is 1. The highest BCUT2D eigenvalue weighted by molar-refractivity contribution is 8.02. The van der Waals surface area contributed by atoms with E-state index in [1.54, 1.807) is 17.8 Å². The van der Waals surface area contributed by atoms with Crippen LogP contribution in [0.3, 0.4) is 0 Å². The Morgan fingerprint density at radius 2 is 2.26 bits per heavy atom. The van der Waals surface area contributed by atoms with Gasteiger partial charge in [0, 0.05) is 17.7 Å². The normalized spacial score (nSPS) is 14.0. The lowest BCUT2D eigenvalue weighted by Crippen LogP contribution is -2.07.